The predicted octanol–water partition coefficient (Wildman–Crippen LogP) is 1.64. The van der Waals surface area contributed by atoms with Crippen molar-refractivity contribution in [1.29, 1.82) is 0 Å². The minimum Gasteiger partial charge on any atom is -0.451 e. The van der Waals surface area contributed by atoms with Gasteiger partial charge in [0, 0.05) is 44.2 Å². The largest absolute Gasteiger partial charge is 0.451 e. The van der Waals surface area contributed by atoms with E-state index in [-0.39, 0.29) is 5.91 Å². The number of para-hydroxylation sites is 1. The van der Waals surface area contributed by atoms with Gasteiger partial charge in [-0.15, -0.1) is 0 Å². The Labute approximate surface area is 135 Å². The minimum atomic E-state index is -0.193. The van der Waals surface area contributed by atoms with Gasteiger partial charge in [0.15, 0.2) is 5.76 Å². The number of morpholine rings is 1. The van der Waals surface area contributed by atoms with Gasteiger partial charge in [-0.1, -0.05) is 18.2 Å². The number of ether oxygens (including phenoxy) is 2. The molecule has 1 fully saturated rings. The maximum absolute atomic E-state index is 12.4. The molecule has 1 aromatic heterocycles. The second-order valence-electron chi connectivity index (χ2n) is 5.55. The van der Waals surface area contributed by atoms with Crippen LogP contribution in [0.2, 0.25) is 0 Å². The van der Waals surface area contributed by atoms with Gasteiger partial charge in [-0.3, -0.25) is 9.69 Å². The van der Waals surface area contributed by atoms with Crippen LogP contribution in [0.25, 0.3) is 11.0 Å². The van der Waals surface area contributed by atoms with Gasteiger partial charge >= 0.3 is 0 Å². The Kier molecular flexibility index (Phi) is 5.27. The van der Waals surface area contributed by atoms with Gasteiger partial charge in [-0.25, -0.2) is 0 Å². The molecule has 2 aromatic rings. The zero-order valence-electron chi connectivity index (χ0n) is 13.3. The first-order chi connectivity index (χ1) is 11.3. The summed E-state index contributed by atoms with van der Waals surface area (Å²) in [5, 5.41) is 3.86. The van der Waals surface area contributed by atoms with Crippen LogP contribution in [0.5, 0.6) is 0 Å². The van der Waals surface area contributed by atoms with E-state index in [4.69, 9.17) is 13.9 Å². The normalized spacial score (nSPS) is 15.9. The number of methoxy groups -OCH3 is 1. The number of fused-ring (bicyclic) bond motifs is 1. The summed E-state index contributed by atoms with van der Waals surface area (Å²) >= 11 is 0. The molecule has 0 aliphatic carbocycles. The van der Waals surface area contributed by atoms with Gasteiger partial charge < -0.3 is 19.2 Å². The molecule has 23 heavy (non-hydrogen) atoms. The second kappa shape index (κ2) is 7.59. The number of nitrogens with zero attached hydrogens (tertiary/aromatic N) is 1. The fourth-order valence-corrected chi connectivity index (χ4v) is 2.80. The van der Waals surface area contributed by atoms with Crippen molar-refractivity contribution in [3.8, 4) is 0 Å². The standard InChI is InChI=1S/C17H22N2O4/c1-21-12-14-13-4-2-3-5-15(13)23-16(14)17(20)18-6-7-19-8-10-22-11-9-19/h2-5H,6-12H2,1H3,(H,18,20). The van der Waals surface area contributed by atoms with Crippen molar-refractivity contribution in [2.45, 2.75) is 6.61 Å². The Morgan fingerprint density at radius 2 is 2.09 bits per heavy atom. The van der Waals surface area contributed by atoms with Crippen LogP contribution >= 0.6 is 0 Å². The third-order valence-electron chi connectivity index (χ3n) is 4.01. The molecule has 0 bridgehead atoms. The fourth-order valence-electron chi connectivity index (χ4n) is 2.80. The van der Waals surface area contributed by atoms with Crippen LogP contribution in [0.1, 0.15) is 16.1 Å². The zero-order valence-corrected chi connectivity index (χ0v) is 13.3. The highest BCUT2D eigenvalue weighted by molar-refractivity contribution is 5.99. The van der Waals surface area contributed by atoms with E-state index < -0.39 is 0 Å². The molecule has 6 heteroatoms. The molecule has 6 nitrogen and oxygen atoms in total. The molecule has 1 aliphatic heterocycles. The summed E-state index contributed by atoms with van der Waals surface area (Å²) in [4.78, 5) is 14.7. The zero-order chi connectivity index (χ0) is 16.1. The SMILES string of the molecule is COCc1c(C(=O)NCCN2CCOCC2)oc2ccccc12. The summed E-state index contributed by atoms with van der Waals surface area (Å²) in [7, 11) is 1.61. The Balaban J connectivity index is 1.66. The van der Waals surface area contributed by atoms with Crippen molar-refractivity contribution in [3.05, 3.63) is 35.6 Å². The molecule has 1 aromatic carbocycles. The minimum absolute atomic E-state index is 0.193. The van der Waals surface area contributed by atoms with Crippen LogP contribution < -0.4 is 5.32 Å². The first-order valence-electron chi connectivity index (χ1n) is 7.87. The van der Waals surface area contributed by atoms with Crippen LogP contribution in [0, 0.1) is 0 Å². The van der Waals surface area contributed by atoms with Gasteiger partial charge in [0.2, 0.25) is 0 Å². The van der Waals surface area contributed by atoms with E-state index in [9.17, 15) is 4.79 Å². The molecule has 1 amide bonds. The van der Waals surface area contributed by atoms with Crippen molar-refractivity contribution in [2.75, 3.05) is 46.5 Å². The van der Waals surface area contributed by atoms with E-state index >= 15 is 0 Å². The van der Waals surface area contributed by atoms with Crippen molar-refractivity contribution in [2.24, 2.45) is 0 Å². The van der Waals surface area contributed by atoms with Gasteiger partial charge in [0.1, 0.15) is 5.58 Å². The van der Waals surface area contributed by atoms with Crippen LogP contribution in [0.3, 0.4) is 0 Å². The molecular weight excluding hydrogens is 296 g/mol. The van der Waals surface area contributed by atoms with E-state index in [1.54, 1.807) is 7.11 Å². The first-order valence-corrected chi connectivity index (χ1v) is 7.87. The molecule has 1 aliphatic rings. The lowest BCUT2D eigenvalue weighted by atomic mass is 10.1. The smallest absolute Gasteiger partial charge is 0.287 e. The van der Waals surface area contributed by atoms with E-state index in [2.05, 4.69) is 10.2 Å². The van der Waals surface area contributed by atoms with Crippen molar-refractivity contribution >= 4 is 16.9 Å². The lowest BCUT2D eigenvalue weighted by Crippen LogP contribution is -2.41. The molecule has 0 unspecified atom stereocenters. The summed E-state index contributed by atoms with van der Waals surface area (Å²) in [6, 6.07) is 7.62. The fraction of sp³-hybridized carbons (Fsp3) is 0.471. The highest BCUT2D eigenvalue weighted by atomic mass is 16.5. The summed E-state index contributed by atoms with van der Waals surface area (Å²) in [5.41, 5.74) is 1.50. The Bertz CT molecular complexity index is 662. The number of rotatable bonds is 6. The monoisotopic (exact) mass is 318 g/mol. The number of carbonyl (C=O) groups excluding carboxylic acids is 1. The number of hydrogen-bond donors (Lipinski definition) is 1. The Morgan fingerprint density at radius 1 is 1.30 bits per heavy atom. The first kappa shape index (κ1) is 16.0. The van der Waals surface area contributed by atoms with E-state index in [0.717, 1.165) is 43.8 Å². The average molecular weight is 318 g/mol. The Morgan fingerprint density at radius 3 is 2.87 bits per heavy atom. The maximum atomic E-state index is 12.4. The number of nitrogens with one attached hydrogen (secondary N) is 1. The third kappa shape index (κ3) is 3.72. The predicted molar refractivity (Wildman–Crippen MR) is 86.5 cm³/mol. The summed E-state index contributed by atoms with van der Waals surface area (Å²) < 4.78 is 16.3. The topological polar surface area (TPSA) is 63.9 Å². The van der Waals surface area contributed by atoms with Crippen molar-refractivity contribution in [1.82, 2.24) is 10.2 Å². The summed E-state index contributed by atoms with van der Waals surface area (Å²) in [5.74, 6) is 0.150. The van der Waals surface area contributed by atoms with Gasteiger partial charge in [0.05, 0.1) is 19.8 Å². The van der Waals surface area contributed by atoms with E-state index in [1.807, 2.05) is 24.3 Å². The third-order valence-corrected chi connectivity index (χ3v) is 4.01. The van der Waals surface area contributed by atoms with Crippen LogP contribution in [-0.2, 0) is 16.1 Å². The van der Waals surface area contributed by atoms with Gasteiger partial charge in [0.25, 0.3) is 5.91 Å². The maximum Gasteiger partial charge on any atom is 0.287 e. The molecule has 0 spiro atoms. The molecule has 1 saturated heterocycles. The molecule has 0 saturated carbocycles. The van der Waals surface area contributed by atoms with Gasteiger partial charge in [-0.05, 0) is 6.07 Å². The number of benzene rings is 1. The van der Waals surface area contributed by atoms with Crippen molar-refractivity contribution in [3.63, 3.8) is 0 Å². The molecule has 2 heterocycles. The highest BCUT2D eigenvalue weighted by Gasteiger charge is 2.20. The van der Waals surface area contributed by atoms with E-state index in [1.165, 1.54) is 0 Å². The lowest BCUT2D eigenvalue weighted by molar-refractivity contribution is 0.0382. The lowest BCUT2D eigenvalue weighted by Gasteiger charge is -2.26. The number of carbonyl (C=O) groups is 1. The van der Waals surface area contributed by atoms with Crippen LogP contribution in [-0.4, -0.2) is 57.3 Å². The van der Waals surface area contributed by atoms with Crippen LogP contribution in [0.4, 0.5) is 0 Å². The molecule has 0 radical (unpaired) electrons. The van der Waals surface area contributed by atoms with Crippen molar-refractivity contribution < 1.29 is 18.7 Å². The number of furan rings is 1. The molecule has 124 valence electrons. The number of hydrogen-bond acceptors (Lipinski definition) is 5. The molecule has 0 atom stereocenters. The van der Waals surface area contributed by atoms with E-state index in [0.29, 0.717) is 24.5 Å². The quantitative estimate of drug-likeness (QED) is 0.877. The highest BCUT2D eigenvalue weighted by Crippen LogP contribution is 2.26. The Hall–Kier alpha value is -1.89. The average Bonchev–Trinajstić information content (AvgIpc) is 2.95. The molecular formula is C17H22N2O4. The molecule has 1 N–H and O–H groups in total. The summed E-state index contributed by atoms with van der Waals surface area (Å²) in [6.45, 7) is 5.09. The summed E-state index contributed by atoms with van der Waals surface area (Å²) in [6.07, 6.45) is 0. The van der Waals surface area contributed by atoms with Crippen LogP contribution in [0.15, 0.2) is 28.7 Å². The number of amides is 1. The molecule has 3 rings (SSSR count). The second-order valence-corrected chi connectivity index (χ2v) is 5.55. The van der Waals surface area contributed by atoms with Gasteiger partial charge in [-0.2, -0.15) is 0 Å².